The minimum atomic E-state index is -0.221. The summed E-state index contributed by atoms with van der Waals surface area (Å²) in [6.07, 6.45) is 0. The zero-order chi connectivity index (χ0) is 15.1. The average Bonchev–Trinajstić information content (AvgIpc) is 2.85. The van der Waals surface area contributed by atoms with Gasteiger partial charge in [0, 0.05) is 11.8 Å². The van der Waals surface area contributed by atoms with Gasteiger partial charge in [-0.05, 0) is 19.1 Å². The Labute approximate surface area is 126 Å². The van der Waals surface area contributed by atoms with Crippen molar-refractivity contribution in [3.8, 4) is 0 Å². The summed E-state index contributed by atoms with van der Waals surface area (Å²) in [6, 6.07) is 10.8. The molecule has 21 heavy (non-hydrogen) atoms. The van der Waals surface area contributed by atoms with Crippen molar-refractivity contribution in [3.63, 3.8) is 0 Å². The number of thioether (sulfide) groups is 1. The van der Waals surface area contributed by atoms with Crippen LogP contribution in [0.25, 0.3) is 0 Å². The van der Waals surface area contributed by atoms with Crippen molar-refractivity contribution in [2.75, 3.05) is 22.1 Å². The molecule has 1 aromatic carbocycles. The molecule has 2 N–H and O–H groups in total. The van der Waals surface area contributed by atoms with E-state index in [0.29, 0.717) is 11.6 Å². The Morgan fingerprint density at radius 1 is 1.14 bits per heavy atom. The smallest absolute Gasteiger partial charge is 0.235 e. The maximum Gasteiger partial charge on any atom is 0.235 e. The van der Waals surface area contributed by atoms with Gasteiger partial charge in [-0.3, -0.25) is 9.59 Å². The van der Waals surface area contributed by atoms with Gasteiger partial charge in [-0.1, -0.05) is 23.4 Å². The van der Waals surface area contributed by atoms with E-state index in [9.17, 15) is 9.59 Å². The Balaban J connectivity index is 1.67. The van der Waals surface area contributed by atoms with Crippen LogP contribution in [0.3, 0.4) is 0 Å². The van der Waals surface area contributed by atoms with Crippen molar-refractivity contribution in [2.24, 2.45) is 0 Å². The molecule has 0 fully saturated rings. The molecule has 7 heteroatoms. The van der Waals surface area contributed by atoms with Crippen LogP contribution in [-0.4, -0.2) is 28.5 Å². The Bertz CT molecular complexity index is 613. The Hall–Kier alpha value is -2.28. The summed E-state index contributed by atoms with van der Waals surface area (Å²) < 4.78 is 4.84. The number of carbonyl (C=O) groups is 2. The zero-order valence-electron chi connectivity index (χ0n) is 11.5. The SMILES string of the molecule is Cc1cc(NC(=O)CSCC(=O)Nc2ccccc2)no1. The second-order valence-corrected chi connectivity index (χ2v) is 5.26. The largest absolute Gasteiger partial charge is 0.360 e. The van der Waals surface area contributed by atoms with Gasteiger partial charge in [-0.15, -0.1) is 11.8 Å². The number of nitrogens with zero attached hydrogens (tertiary/aromatic N) is 1. The highest BCUT2D eigenvalue weighted by atomic mass is 32.2. The molecule has 0 saturated carbocycles. The monoisotopic (exact) mass is 305 g/mol. The lowest BCUT2D eigenvalue weighted by molar-refractivity contribution is -0.114. The summed E-state index contributed by atoms with van der Waals surface area (Å²) in [5.41, 5.74) is 0.741. The molecule has 0 aliphatic heterocycles. The number of aromatic nitrogens is 1. The highest BCUT2D eigenvalue weighted by Gasteiger charge is 2.08. The highest BCUT2D eigenvalue weighted by molar-refractivity contribution is 8.00. The number of benzene rings is 1. The first-order valence-electron chi connectivity index (χ1n) is 6.29. The molecular formula is C14H15N3O3S. The van der Waals surface area contributed by atoms with Gasteiger partial charge in [0.15, 0.2) is 5.82 Å². The fourth-order valence-electron chi connectivity index (χ4n) is 1.56. The summed E-state index contributed by atoms with van der Waals surface area (Å²) in [6.45, 7) is 1.74. The molecule has 2 rings (SSSR count). The third-order valence-electron chi connectivity index (χ3n) is 2.42. The predicted octanol–water partition coefficient (Wildman–Crippen LogP) is 2.29. The van der Waals surface area contributed by atoms with Crippen molar-refractivity contribution in [2.45, 2.75) is 6.92 Å². The molecule has 0 unspecified atom stereocenters. The minimum absolute atomic E-state index is 0.142. The summed E-state index contributed by atoms with van der Waals surface area (Å²) in [5.74, 6) is 1.03. The van der Waals surface area contributed by atoms with E-state index < -0.39 is 0 Å². The van der Waals surface area contributed by atoms with Crippen molar-refractivity contribution in [1.29, 1.82) is 0 Å². The average molecular weight is 305 g/mol. The van der Waals surface area contributed by atoms with E-state index >= 15 is 0 Å². The summed E-state index contributed by atoms with van der Waals surface area (Å²) in [4.78, 5) is 23.3. The first-order chi connectivity index (χ1) is 10.1. The molecule has 0 saturated heterocycles. The minimum Gasteiger partial charge on any atom is -0.360 e. The van der Waals surface area contributed by atoms with Crippen LogP contribution < -0.4 is 10.6 Å². The van der Waals surface area contributed by atoms with Crippen molar-refractivity contribution in [1.82, 2.24) is 5.16 Å². The zero-order valence-corrected chi connectivity index (χ0v) is 12.3. The standard InChI is InChI=1S/C14H15N3O3S/c1-10-7-12(17-20-10)16-14(19)9-21-8-13(18)15-11-5-3-2-4-6-11/h2-7H,8-9H2,1H3,(H,15,18)(H,16,17,19). The highest BCUT2D eigenvalue weighted by Crippen LogP contribution is 2.09. The molecule has 0 spiro atoms. The second-order valence-electron chi connectivity index (χ2n) is 4.28. The predicted molar refractivity (Wildman–Crippen MR) is 82.3 cm³/mol. The number of rotatable bonds is 6. The maximum absolute atomic E-state index is 11.7. The van der Waals surface area contributed by atoms with E-state index in [4.69, 9.17) is 4.52 Å². The van der Waals surface area contributed by atoms with Gasteiger partial charge in [0.25, 0.3) is 0 Å². The Morgan fingerprint density at radius 3 is 2.43 bits per heavy atom. The lowest BCUT2D eigenvalue weighted by Gasteiger charge is -2.04. The van der Waals surface area contributed by atoms with Crippen LogP contribution in [0.2, 0.25) is 0 Å². The first-order valence-corrected chi connectivity index (χ1v) is 7.45. The van der Waals surface area contributed by atoms with E-state index in [1.165, 1.54) is 11.8 Å². The Morgan fingerprint density at radius 2 is 1.81 bits per heavy atom. The van der Waals surface area contributed by atoms with Gasteiger partial charge < -0.3 is 15.2 Å². The number of carbonyl (C=O) groups excluding carboxylic acids is 2. The molecule has 0 radical (unpaired) electrons. The van der Waals surface area contributed by atoms with Gasteiger partial charge in [-0.2, -0.15) is 0 Å². The molecule has 110 valence electrons. The number of aryl methyl sites for hydroxylation is 1. The van der Waals surface area contributed by atoms with E-state index in [-0.39, 0.29) is 23.3 Å². The normalized spacial score (nSPS) is 10.1. The lowest BCUT2D eigenvalue weighted by atomic mass is 10.3. The van der Waals surface area contributed by atoms with Crippen LogP contribution >= 0.6 is 11.8 Å². The van der Waals surface area contributed by atoms with E-state index in [1.54, 1.807) is 13.0 Å². The number of hydrogen-bond acceptors (Lipinski definition) is 5. The molecule has 0 bridgehead atoms. The van der Waals surface area contributed by atoms with Gasteiger partial charge in [-0.25, -0.2) is 0 Å². The van der Waals surface area contributed by atoms with E-state index in [1.807, 2.05) is 30.3 Å². The van der Waals surface area contributed by atoms with Gasteiger partial charge >= 0.3 is 0 Å². The molecule has 2 aromatic rings. The molecule has 1 heterocycles. The number of hydrogen-bond donors (Lipinski definition) is 2. The van der Waals surface area contributed by atoms with E-state index in [2.05, 4.69) is 15.8 Å². The lowest BCUT2D eigenvalue weighted by Crippen LogP contribution is -2.18. The van der Waals surface area contributed by atoms with Gasteiger partial charge in [0.05, 0.1) is 11.5 Å². The van der Waals surface area contributed by atoms with Crippen LogP contribution in [-0.2, 0) is 9.59 Å². The summed E-state index contributed by atoms with van der Waals surface area (Å²) >= 11 is 1.23. The van der Waals surface area contributed by atoms with Crippen LogP contribution in [0, 0.1) is 6.92 Å². The number of nitrogens with one attached hydrogen (secondary N) is 2. The van der Waals surface area contributed by atoms with Crippen LogP contribution in [0.15, 0.2) is 40.9 Å². The van der Waals surface area contributed by atoms with Gasteiger partial charge in [0.1, 0.15) is 5.76 Å². The van der Waals surface area contributed by atoms with Gasteiger partial charge in [0.2, 0.25) is 11.8 Å². The molecule has 0 aliphatic carbocycles. The van der Waals surface area contributed by atoms with E-state index in [0.717, 1.165) is 5.69 Å². The van der Waals surface area contributed by atoms with Crippen LogP contribution in [0.5, 0.6) is 0 Å². The third-order valence-corrected chi connectivity index (χ3v) is 3.35. The maximum atomic E-state index is 11.7. The number of para-hydroxylation sites is 1. The van der Waals surface area contributed by atoms with Crippen molar-refractivity contribution < 1.29 is 14.1 Å². The van der Waals surface area contributed by atoms with Crippen molar-refractivity contribution >= 4 is 35.1 Å². The van der Waals surface area contributed by atoms with Crippen LogP contribution in [0.1, 0.15) is 5.76 Å². The molecule has 2 amide bonds. The number of amides is 2. The molecule has 0 aliphatic rings. The third kappa shape index (κ3) is 5.31. The molecule has 1 aromatic heterocycles. The molecule has 0 atom stereocenters. The molecular weight excluding hydrogens is 290 g/mol. The summed E-state index contributed by atoms with van der Waals surface area (Å²) in [5, 5.41) is 9.00. The quantitative estimate of drug-likeness (QED) is 0.855. The fourth-order valence-corrected chi connectivity index (χ4v) is 2.18. The van der Waals surface area contributed by atoms with Crippen molar-refractivity contribution in [3.05, 3.63) is 42.2 Å². The molecule has 6 nitrogen and oxygen atoms in total. The Kier molecular flexibility index (Phi) is 5.39. The second kappa shape index (κ2) is 7.49. The first kappa shape index (κ1) is 15.1. The number of anilines is 2. The van der Waals surface area contributed by atoms with Crippen LogP contribution in [0.4, 0.5) is 11.5 Å². The summed E-state index contributed by atoms with van der Waals surface area (Å²) in [7, 11) is 0. The topological polar surface area (TPSA) is 84.2 Å². The fraction of sp³-hybridized carbons (Fsp3) is 0.214.